The summed E-state index contributed by atoms with van der Waals surface area (Å²) in [6, 6.07) is 15.0. The molecule has 0 bridgehead atoms. The molecule has 0 radical (unpaired) electrons. The van der Waals surface area contributed by atoms with Crippen LogP contribution in [0.15, 0.2) is 60.9 Å². The number of aromatic nitrogens is 5. The van der Waals surface area contributed by atoms with Gasteiger partial charge < -0.3 is 5.10 Å². The number of Topliss-reactive ketones (excluding diaryl/α,β-unsaturated/α-hetero) is 1. The molecule has 0 fully saturated rings. The number of carbonyl (C=O) groups is 1. The molecular weight excluding hydrogens is 374 g/mol. The van der Waals surface area contributed by atoms with Crippen LogP contribution in [0.3, 0.4) is 0 Å². The first-order valence-corrected chi connectivity index (χ1v) is 9.11. The minimum Gasteiger partial charge on any atom is -0.300 e. The number of nitrogens with one attached hydrogen (secondary N) is 2. The van der Waals surface area contributed by atoms with Gasteiger partial charge in [0.25, 0.3) is 0 Å². The van der Waals surface area contributed by atoms with Gasteiger partial charge in [-0.2, -0.15) is 0 Å². The number of hydrogen-bond donors (Lipinski definition) is 2. The summed E-state index contributed by atoms with van der Waals surface area (Å²) in [6.07, 6.45) is 3.70. The molecule has 5 rings (SSSR count). The third-order valence-corrected chi connectivity index (χ3v) is 4.87. The Morgan fingerprint density at radius 2 is 1.75 bits per heavy atom. The lowest BCUT2D eigenvalue weighted by atomic mass is 10.1. The lowest BCUT2D eigenvalue weighted by molar-refractivity contribution is 0.0984. The molecule has 0 unspecified atom stereocenters. The van der Waals surface area contributed by atoms with Gasteiger partial charge in [-0.25, -0.2) is 9.97 Å². The van der Waals surface area contributed by atoms with Gasteiger partial charge in [0.1, 0.15) is 0 Å². The van der Waals surface area contributed by atoms with Crippen molar-refractivity contribution in [1.29, 1.82) is 0 Å². The summed E-state index contributed by atoms with van der Waals surface area (Å²) in [5.74, 6) is 0.0834. The highest BCUT2D eigenvalue weighted by molar-refractivity contribution is 6.30. The topological polar surface area (TPSA) is 87.3 Å². The molecule has 3 aromatic heterocycles. The van der Waals surface area contributed by atoms with E-state index >= 15 is 0 Å². The number of fused-ring (bicyclic) bond motifs is 2. The minimum absolute atomic E-state index is 0.136. The normalized spacial score (nSPS) is 11.3. The largest absolute Gasteiger partial charge is 0.300 e. The molecule has 0 aliphatic heterocycles. The van der Waals surface area contributed by atoms with Crippen molar-refractivity contribution in [3.8, 4) is 11.3 Å². The van der Waals surface area contributed by atoms with Crippen LogP contribution in [0.25, 0.3) is 33.2 Å². The van der Waals surface area contributed by atoms with E-state index in [0.29, 0.717) is 16.1 Å². The number of H-pyrrole nitrogens is 2. The zero-order valence-corrected chi connectivity index (χ0v) is 15.4. The molecule has 0 aliphatic rings. The van der Waals surface area contributed by atoms with Crippen molar-refractivity contribution in [2.75, 3.05) is 0 Å². The zero-order valence-electron chi connectivity index (χ0n) is 14.6. The van der Waals surface area contributed by atoms with Crippen LogP contribution in [0.2, 0.25) is 5.02 Å². The Hall–Kier alpha value is -3.51. The Morgan fingerprint density at radius 1 is 0.964 bits per heavy atom. The smallest absolute Gasteiger partial charge is 0.204 e. The first-order valence-electron chi connectivity index (χ1n) is 8.73. The van der Waals surface area contributed by atoms with Crippen molar-refractivity contribution in [3.05, 3.63) is 77.3 Å². The summed E-state index contributed by atoms with van der Waals surface area (Å²) in [4.78, 5) is 25.6. The molecule has 2 N–H and O–H groups in total. The highest BCUT2D eigenvalue weighted by Gasteiger charge is 2.16. The number of hydrogen-bond acceptors (Lipinski definition) is 4. The van der Waals surface area contributed by atoms with E-state index in [0.717, 1.165) is 27.7 Å². The molecule has 0 saturated heterocycles. The second-order valence-corrected chi connectivity index (χ2v) is 6.96. The number of pyridine rings is 1. The van der Waals surface area contributed by atoms with E-state index in [1.54, 1.807) is 24.5 Å². The molecule has 0 spiro atoms. The van der Waals surface area contributed by atoms with E-state index in [2.05, 4.69) is 25.1 Å². The number of carbonyl (C=O) groups excluding carboxylic acids is 1. The summed E-state index contributed by atoms with van der Waals surface area (Å²) in [7, 11) is 0. The summed E-state index contributed by atoms with van der Waals surface area (Å²) < 4.78 is 0. The standard InChI is InChI=1S/C21H14ClN5O/c22-14-3-1-2-12(8-14)9-19(28)21-24-17-10-15-16(11-18(17)25-21)26-27-20(15)13-4-6-23-7-5-13/h1-8,10-11,26-27H,9H2. The molecule has 6 nitrogen and oxygen atoms in total. The van der Waals surface area contributed by atoms with Crippen molar-refractivity contribution in [2.45, 2.75) is 6.42 Å². The van der Waals surface area contributed by atoms with Gasteiger partial charge in [0.15, 0.2) is 5.82 Å². The Kier molecular flexibility index (Phi) is 3.91. The van der Waals surface area contributed by atoms with Crippen LogP contribution in [-0.2, 0) is 6.42 Å². The maximum absolute atomic E-state index is 12.6. The van der Waals surface area contributed by atoms with Gasteiger partial charge >= 0.3 is 0 Å². The Labute approximate surface area is 164 Å². The van der Waals surface area contributed by atoms with Gasteiger partial charge in [-0.15, -0.1) is 0 Å². The van der Waals surface area contributed by atoms with E-state index in [1.165, 1.54) is 0 Å². The van der Waals surface area contributed by atoms with Crippen molar-refractivity contribution < 1.29 is 4.79 Å². The van der Waals surface area contributed by atoms with E-state index in [4.69, 9.17) is 11.6 Å². The van der Waals surface area contributed by atoms with E-state index in [9.17, 15) is 4.79 Å². The first-order chi connectivity index (χ1) is 13.7. The highest BCUT2D eigenvalue weighted by atomic mass is 35.5. The van der Waals surface area contributed by atoms with E-state index < -0.39 is 0 Å². The van der Waals surface area contributed by atoms with Gasteiger partial charge in [-0.3, -0.25) is 14.9 Å². The molecule has 3 heterocycles. The van der Waals surface area contributed by atoms with Crippen LogP contribution in [0, 0.1) is 0 Å². The molecule has 28 heavy (non-hydrogen) atoms. The van der Waals surface area contributed by atoms with Crippen LogP contribution in [0.1, 0.15) is 16.2 Å². The first kappa shape index (κ1) is 16.6. The second-order valence-electron chi connectivity index (χ2n) is 6.52. The maximum atomic E-state index is 12.6. The van der Waals surface area contributed by atoms with Crippen LogP contribution in [0.5, 0.6) is 0 Å². The van der Waals surface area contributed by atoms with Crippen LogP contribution in [-0.4, -0.2) is 30.9 Å². The van der Waals surface area contributed by atoms with Crippen molar-refractivity contribution in [3.63, 3.8) is 0 Å². The zero-order chi connectivity index (χ0) is 19.1. The quantitative estimate of drug-likeness (QED) is 0.442. The number of imidazole rings is 1. The Balaban J connectivity index is 1.53. The Bertz CT molecular complexity index is 1320. The van der Waals surface area contributed by atoms with Gasteiger partial charge in [0, 0.05) is 34.8 Å². The van der Waals surface area contributed by atoms with E-state index in [-0.39, 0.29) is 18.0 Å². The predicted octanol–water partition coefficient (Wildman–Crippen LogP) is 4.58. The molecule has 2 aromatic carbocycles. The predicted molar refractivity (Wildman–Crippen MR) is 108 cm³/mol. The molecule has 0 amide bonds. The fourth-order valence-electron chi connectivity index (χ4n) is 3.30. The SMILES string of the molecule is O=C(Cc1cccc(Cl)c1)c1nc2cc3[nH][nH]c(-c4ccncc4)c3cc2n1. The second kappa shape index (κ2) is 6.58. The average Bonchev–Trinajstić information content (AvgIpc) is 3.30. The number of nitrogens with zero attached hydrogens (tertiary/aromatic N) is 3. The van der Waals surface area contributed by atoms with Crippen LogP contribution >= 0.6 is 11.6 Å². The number of aromatic amines is 2. The monoisotopic (exact) mass is 387 g/mol. The lowest BCUT2D eigenvalue weighted by Crippen LogP contribution is -2.05. The van der Waals surface area contributed by atoms with Crippen LogP contribution in [0.4, 0.5) is 0 Å². The number of halogens is 1. The van der Waals surface area contributed by atoms with Crippen molar-refractivity contribution >= 4 is 39.3 Å². The summed E-state index contributed by atoms with van der Waals surface area (Å²) in [5.41, 5.74) is 5.05. The molecule has 136 valence electrons. The van der Waals surface area contributed by atoms with Crippen LogP contribution < -0.4 is 0 Å². The molecule has 7 heteroatoms. The summed E-state index contributed by atoms with van der Waals surface area (Å²) in [6.45, 7) is 0. The molecular formula is C21H14ClN5O. The number of rotatable bonds is 4. The lowest BCUT2D eigenvalue weighted by Gasteiger charge is -1.98. The average molecular weight is 388 g/mol. The highest BCUT2D eigenvalue weighted by Crippen LogP contribution is 2.29. The van der Waals surface area contributed by atoms with Gasteiger partial charge in [-0.1, -0.05) is 23.7 Å². The number of benzene rings is 2. The summed E-state index contributed by atoms with van der Waals surface area (Å²) >= 11 is 6.00. The third kappa shape index (κ3) is 2.93. The van der Waals surface area contributed by atoms with Gasteiger partial charge in [0.05, 0.1) is 22.2 Å². The third-order valence-electron chi connectivity index (χ3n) is 4.63. The number of ketones is 1. The van der Waals surface area contributed by atoms with Crippen molar-refractivity contribution in [1.82, 2.24) is 25.1 Å². The molecule has 0 saturated carbocycles. The van der Waals surface area contributed by atoms with Gasteiger partial charge in [-0.05, 0) is 42.0 Å². The minimum atomic E-state index is -0.136. The van der Waals surface area contributed by atoms with E-state index in [1.807, 2.05) is 36.4 Å². The fourth-order valence-corrected chi connectivity index (χ4v) is 3.51. The summed E-state index contributed by atoms with van der Waals surface area (Å²) in [5, 5.41) is 7.92. The van der Waals surface area contributed by atoms with Crippen molar-refractivity contribution in [2.24, 2.45) is 0 Å². The maximum Gasteiger partial charge on any atom is 0.204 e. The fraction of sp³-hybridized carbons (Fsp3) is 0.0476. The molecule has 0 atom stereocenters. The Morgan fingerprint density at radius 3 is 2.54 bits per heavy atom. The molecule has 5 aromatic rings. The van der Waals surface area contributed by atoms with Gasteiger partial charge in [0.2, 0.25) is 5.78 Å². The molecule has 0 aliphatic carbocycles.